The Hall–Kier alpha value is -2.70. The SMILES string of the molecule is O=C(O)CN(C(=O)c1ccn(-c2ccc(F)cc2)n1)C1CC1. The molecule has 0 spiro atoms. The van der Waals surface area contributed by atoms with Crippen LogP contribution in [0.5, 0.6) is 0 Å². The molecule has 1 heterocycles. The first kappa shape index (κ1) is 14.2. The minimum atomic E-state index is -1.04. The second-order valence-corrected chi connectivity index (χ2v) is 5.18. The summed E-state index contributed by atoms with van der Waals surface area (Å²) in [5.41, 5.74) is 0.800. The molecule has 0 unspecified atom stereocenters. The summed E-state index contributed by atoms with van der Waals surface area (Å²) in [6.07, 6.45) is 3.22. The molecule has 2 aromatic rings. The lowest BCUT2D eigenvalue weighted by molar-refractivity contribution is -0.137. The van der Waals surface area contributed by atoms with Crippen LogP contribution in [0, 0.1) is 5.82 Å². The van der Waals surface area contributed by atoms with Crippen LogP contribution in [0.2, 0.25) is 0 Å². The van der Waals surface area contributed by atoms with Crippen molar-refractivity contribution in [2.24, 2.45) is 0 Å². The molecule has 6 nitrogen and oxygen atoms in total. The number of carboxylic acids is 1. The number of carbonyl (C=O) groups excluding carboxylic acids is 1. The molecular weight excluding hydrogens is 289 g/mol. The zero-order valence-electron chi connectivity index (χ0n) is 11.6. The van der Waals surface area contributed by atoms with Gasteiger partial charge in [-0.05, 0) is 43.2 Å². The molecule has 1 aromatic carbocycles. The number of rotatable bonds is 5. The summed E-state index contributed by atoms with van der Waals surface area (Å²) in [6, 6.07) is 7.22. The van der Waals surface area contributed by atoms with Gasteiger partial charge in [0, 0.05) is 12.2 Å². The predicted molar refractivity (Wildman–Crippen MR) is 75.2 cm³/mol. The molecule has 0 aliphatic heterocycles. The van der Waals surface area contributed by atoms with Gasteiger partial charge in [0.1, 0.15) is 12.4 Å². The third-order valence-electron chi connectivity index (χ3n) is 3.45. The van der Waals surface area contributed by atoms with Crippen molar-refractivity contribution in [3.05, 3.63) is 48.0 Å². The van der Waals surface area contributed by atoms with Gasteiger partial charge in [-0.15, -0.1) is 0 Å². The molecule has 0 bridgehead atoms. The summed E-state index contributed by atoms with van der Waals surface area (Å²) >= 11 is 0. The molecule has 1 aliphatic rings. The van der Waals surface area contributed by atoms with E-state index in [4.69, 9.17) is 5.11 Å². The zero-order valence-corrected chi connectivity index (χ0v) is 11.6. The second-order valence-electron chi connectivity index (χ2n) is 5.18. The smallest absolute Gasteiger partial charge is 0.323 e. The Morgan fingerprint density at radius 2 is 1.95 bits per heavy atom. The number of benzene rings is 1. The number of carboxylic acid groups (broad SMARTS) is 1. The van der Waals surface area contributed by atoms with Crippen LogP contribution in [0.15, 0.2) is 36.5 Å². The molecule has 1 aliphatic carbocycles. The number of halogens is 1. The first-order chi connectivity index (χ1) is 10.5. The summed E-state index contributed by atoms with van der Waals surface area (Å²) in [4.78, 5) is 24.6. The minimum Gasteiger partial charge on any atom is -0.480 e. The van der Waals surface area contributed by atoms with Gasteiger partial charge in [-0.3, -0.25) is 9.59 Å². The molecule has 1 aromatic heterocycles. The standard InChI is InChI=1S/C15H14FN3O3/c16-10-1-3-12(4-2-10)19-8-7-13(17-19)15(22)18(9-14(20)21)11-5-6-11/h1-4,7-8,11H,5-6,9H2,(H,20,21). The Balaban J connectivity index is 1.81. The topological polar surface area (TPSA) is 75.4 Å². The molecule has 1 saturated carbocycles. The molecule has 0 saturated heterocycles. The van der Waals surface area contributed by atoms with Crippen LogP contribution >= 0.6 is 0 Å². The first-order valence-corrected chi connectivity index (χ1v) is 6.89. The van der Waals surface area contributed by atoms with Crippen molar-refractivity contribution in [1.82, 2.24) is 14.7 Å². The molecule has 1 fully saturated rings. The van der Waals surface area contributed by atoms with E-state index in [1.807, 2.05) is 0 Å². The number of aromatic nitrogens is 2. The molecule has 7 heteroatoms. The lowest BCUT2D eigenvalue weighted by Crippen LogP contribution is -2.37. The molecule has 22 heavy (non-hydrogen) atoms. The second kappa shape index (κ2) is 5.59. The van der Waals surface area contributed by atoms with Gasteiger partial charge < -0.3 is 10.0 Å². The molecule has 3 rings (SSSR count). The summed E-state index contributed by atoms with van der Waals surface area (Å²) in [5.74, 6) is -1.79. The van der Waals surface area contributed by atoms with E-state index >= 15 is 0 Å². The fourth-order valence-corrected chi connectivity index (χ4v) is 2.22. The lowest BCUT2D eigenvalue weighted by atomic mass is 10.3. The average Bonchev–Trinajstić information content (AvgIpc) is 3.21. The number of carbonyl (C=O) groups is 2. The van der Waals surface area contributed by atoms with E-state index in [0.29, 0.717) is 5.69 Å². The Bertz CT molecular complexity index is 707. The summed E-state index contributed by atoms with van der Waals surface area (Å²) < 4.78 is 14.4. The van der Waals surface area contributed by atoms with Gasteiger partial charge in [0.05, 0.1) is 5.69 Å². The molecule has 114 valence electrons. The first-order valence-electron chi connectivity index (χ1n) is 6.89. The minimum absolute atomic E-state index is 0.0143. The summed E-state index contributed by atoms with van der Waals surface area (Å²) in [6.45, 7) is -0.326. The van der Waals surface area contributed by atoms with Crippen molar-refractivity contribution in [3.63, 3.8) is 0 Å². The van der Waals surface area contributed by atoms with Gasteiger partial charge >= 0.3 is 5.97 Å². The third-order valence-corrected chi connectivity index (χ3v) is 3.45. The Morgan fingerprint density at radius 3 is 2.55 bits per heavy atom. The van der Waals surface area contributed by atoms with Crippen molar-refractivity contribution in [3.8, 4) is 5.69 Å². The summed E-state index contributed by atoms with van der Waals surface area (Å²) in [7, 11) is 0. The number of hydrogen-bond donors (Lipinski definition) is 1. The van der Waals surface area contributed by atoms with Crippen molar-refractivity contribution >= 4 is 11.9 Å². The Kier molecular flexibility index (Phi) is 3.62. The Labute approximate surface area is 125 Å². The monoisotopic (exact) mass is 303 g/mol. The van der Waals surface area contributed by atoms with E-state index in [2.05, 4.69) is 5.10 Å². The van der Waals surface area contributed by atoms with E-state index in [9.17, 15) is 14.0 Å². The molecule has 0 radical (unpaired) electrons. The van der Waals surface area contributed by atoms with Crippen molar-refractivity contribution in [2.75, 3.05) is 6.54 Å². The van der Waals surface area contributed by atoms with Gasteiger partial charge in [-0.25, -0.2) is 9.07 Å². The average molecular weight is 303 g/mol. The van der Waals surface area contributed by atoms with Crippen LogP contribution in [-0.2, 0) is 4.79 Å². The van der Waals surface area contributed by atoms with E-state index < -0.39 is 11.9 Å². The molecule has 1 N–H and O–H groups in total. The summed E-state index contributed by atoms with van der Waals surface area (Å²) in [5, 5.41) is 13.1. The number of amides is 1. The van der Waals surface area contributed by atoms with E-state index in [1.54, 1.807) is 18.3 Å². The van der Waals surface area contributed by atoms with Gasteiger partial charge in [-0.1, -0.05) is 0 Å². The van der Waals surface area contributed by atoms with Gasteiger partial charge in [0.2, 0.25) is 0 Å². The largest absolute Gasteiger partial charge is 0.480 e. The lowest BCUT2D eigenvalue weighted by Gasteiger charge is -2.18. The predicted octanol–water partition coefficient (Wildman–Crippen LogP) is 1.70. The highest BCUT2D eigenvalue weighted by Gasteiger charge is 2.35. The van der Waals surface area contributed by atoms with Gasteiger partial charge in [0.15, 0.2) is 5.69 Å². The zero-order chi connectivity index (χ0) is 15.7. The highest BCUT2D eigenvalue weighted by Crippen LogP contribution is 2.27. The number of nitrogens with zero attached hydrogens (tertiary/aromatic N) is 3. The quantitative estimate of drug-likeness (QED) is 0.912. The van der Waals surface area contributed by atoms with Gasteiger partial charge in [0.25, 0.3) is 5.91 Å². The number of aliphatic carboxylic acids is 1. The third kappa shape index (κ3) is 2.98. The van der Waals surface area contributed by atoms with Crippen molar-refractivity contribution < 1.29 is 19.1 Å². The van der Waals surface area contributed by atoms with Crippen LogP contribution in [0.25, 0.3) is 5.69 Å². The van der Waals surface area contributed by atoms with Crippen LogP contribution < -0.4 is 0 Å². The molecular formula is C15H14FN3O3. The van der Waals surface area contributed by atoms with E-state index in [1.165, 1.54) is 27.8 Å². The normalized spacial score (nSPS) is 13.9. The van der Waals surface area contributed by atoms with Gasteiger partial charge in [-0.2, -0.15) is 5.10 Å². The van der Waals surface area contributed by atoms with Crippen LogP contribution in [0.1, 0.15) is 23.3 Å². The van der Waals surface area contributed by atoms with Crippen LogP contribution in [0.3, 0.4) is 0 Å². The maximum absolute atomic E-state index is 12.9. The fraction of sp³-hybridized carbons (Fsp3) is 0.267. The highest BCUT2D eigenvalue weighted by molar-refractivity contribution is 5.94. The van der Waals surface area contributed by atoms with Crippen molar-refractivity contribution in [2.45, 2.75) is 18.9 Å². The van der Waals surface area contributed by atoms with Crippen LogP contribution in [-0.4, -0.2) is 44.3 Å². The van der Waals surface area contributed by atoms with E-state index in [-0.39, 0.29) is 24.1 Å². The molecule has 1 amide bonds. The highest BCUT2D eigenvalue weighted by atomic mass is 19.1. The Morgan fingerprint density at radius 1 is 1.27 bits per heavy atom. The van der Waals surface area contributed by atoms with E-state index in [0.717, 1.165) is 12.8 Å². The molecule has 0 atom stereocenters. The maximum atomic E-state index is 12.9. The maximum Gasteiger partial charge on any atom is 0.323 e. The fourth-order valence-electron chi connectivity index (χ4n) is 2.22. The number of hydrogen-bond acceptors (Lipinski definition) is 3. The van der Waals surface area contributed by atoms with Crippen molar-refractivity contribution in [1.29, 1.82) is 0 Å². The van der Waals surface area contributed by atoms with Crippen LogP contribution in [0.4, 0.5) is 4.39 Å².